The van der Waals surface area contributed by atoms with E-state index in [4.69, 9.17) is 5.11 Å². The first-order valence-electron chi connectivity index (χ1n) is 6.64. The van der Waals surface area contributed by atoms with Gasteiger partial charge in [-0.25, -0.2) is 4.79 Å². The van der Waals surface area contributed by atoms with E-state index in [1.807, 2.05) is 42.5 Å². The summed E-state index contributed by atoms with van der Waals surface area (Å²) in [6.07, 6.45) is 1.63. The minimum Gasteiger partial charge on any atom is -0.477 e. The maximum absolute atomic E-state index is 11.8. The second-order valence-corrected chi connectivity index (χ2v) is 4.69. The number of carbonyl (C=O) groups is 1. The lowest BCUT2D eigenvalue weighted by Crippen LogP contribution is -2.17. The molecule has 3 aromatic rings. The van der Waals surface area contributed by atoms with Crippen LogP contribution in [0.1, 0.15) is 10.4 Å². The number of nitrogens with one attached hydrogen (secondary N) is 1. The van der Waals surface area contributed by atoms with Gasteiger partial charge in [-0.3, -0.25) is 9.78 Å². The number of hydrogen-bond acceptors (Lipinski definition) is 3. The summed E-state index contributed by atoms with van der Waals surface area (Å²) in [5, 5.41) is 8.92. The first kappa shape index (κ1) is 13.8. The number of hydrogen-bond donors (Lipinski definition) is 2. The third-order valence-electron chi connectivity index (χ3n) is 3.29. The van der Waals surface area contributed by atoms with Crippen LogP contribution in [0.25, 0.3) is 22.5 Å². The Hall–Kier alpha value is -3.21. The third kappa shape index (κ3) is 2.52. The van der Waals surface area contributed by atoms with Gasteiger partial charge in [0, 0.05) is 11.8 Å². The average Bonchev–Trinajstić information content (AvgIpc) is 2.55. The van der Waals surface area contributed by atoms with Crippen molar-refractivity contribution in [3.63, 3.8) is 0 Å². The van der Waals surface area contributed by atoms with Crippen molar-refractivity contribution < 1.29 is 9.90 Å². The first-order chi connectivity index (χ1) is 10.7. The maximum Gasteiger partial charge on any atom is 0.341 e. The van der Waals surface area contributed by atoms with E-state index in [0.29, 0.717) is 11.4 Å². The van der Waals surface area contributed by atoms with Gasteiger partial charge in [-0.1, -0.05) is 36.4 Å². The van der Waals surface area contributed by atoms with Crippen molar-refractivity contribution in [1.29, 1.82) is 0 Å². The van der Waals surface area contributed by atoms with Gasteiger partial charge < -0.3 is 10.1 Å². The Labute approximate surface area is 125 Å². The molecule has 0 aliphatic carbocycles. The molecule has 5 nitrogen and oxygen atoms in total. The molecule has 108 valence electrons. The monoisotopic (exact) mass is 292 g/mol. The average molecular weight is 292 g/mol. The van der Waals surface area contributed by atoms with E-state index in [1.54, 1.807) is 12.3 Å². The van der Waals surface area contributed by atoms with Crippen LogP contribution in [0.4, 0.5) is 0 Å². The van der Waals surface area contributed by atoms with Crippen LogP contribution in [0.15, 0.2) is 65.6 Å². The fourth-order valence-electron chi connectivity index (χ4n) is 2.25. The third-order valence-corrected chi connectivity index (χ3v) is 3.29. The molecule has 0 aliphatic heterocycles. The number of aromatic carboxylic acids is 1. The number of carboxylic acid groups (broad SMARTS) is 1. The number of carboxylic acids is 1. The van der Waals surface area contributed by atoms with E-state index in [-0.39, 0.29) is 5.56 Å². The Balaban J connectivity index is 2.16. The molecule has 0 bridgehead atoms. The van der Waals surface area contributed by atoms with E-state index in [9.17, 15) is 9.59 Å². The summed E-state index contributed by atoms with van der Waals surface area (Å²) in [4.78, 5) is 29.7. The highest BCUT2D eigenvalue weighted by Gasteiger charge is 2.13. The van der Waals surface area contributed by atoms with Crippen molar-refractivity contribution in [2.45, 2.75) is 0 Å². The van der Waals surface area contributed by atoms with Gasteiger partial charge in [-0.05, 0) is 23.8 Å². The van der Waals surface area contributed by atoms with Crippen LogP contribution in [0.3, 0.4) is 0 Å². The van der Waals surface area contributed by atoms with Gasteiger partial charge in [0.15, 0.2) is 0 Å². The summed E-state index contributed by atoms with van der Waals surface area (Å²) < 4.78 is 0. The summed E-state index contributed by atoms with van der Waals surface area (Å²) >= 11 is 0. The van der Waals surface area contributed by atoms with Crippen molar-refractivity contribution in [3.8, 4) is 22.5 Å². The van der Waals surface area contributed by atoms with E-state index < -0.39 is 11.5 Å². The number of aromatic nitrogens is 2. The molecule has 0 fully saturated rings. The number of aromatic amines is 1. The van der Waals surface area contributed by atoms with Crippen LogP contribution < -0.4 is 5.56 Å². The molecule has 0 spiro atoms. The molecule has 0 unspecified atom stereocenters. The lowest BCUT2D eigenvalue weighted by molar-refractivity contribution is 0.0695. The number of benzene rings is 1. The van der Waals surface area contributed by atoms with Crippen LogP contribution >= 0.6 is 0 Å². The largest absolute Gasteiger partial charge is 0.477 e. The Morgan fingerprint density at radius 3 is 2.45 bits per heavy atom. The number of rotatable bonds is 3. The Kier molecular flexibility index (Phi) is 3.53. The minimum absolute atomic E-state index is 0.291. The molecule has 5 heteroatoms. The van der Waals surface area contributed by atoms with Gasteiger partial charge in [0.05, 0.1) is 11.4 Å². The summed E-state index contributed by atoms with van der Waals surface area (Å²) in [5.41, 5.74) is 1.98. The van der Waals surface area contributed by atoms with Crippen LogP contribution in [0, 0.1) is 0 Å². The minimum atomic E-state index is -1.25. The molecule has 0 radical (unpaired) electrons. The maximum atomic E-state index is 11.8. The highest BCUT2D eigenvalue weighted by atomic mass is 16.4. The second kappa shape index (κ2) is 5.65. The van der Waals surface area contributed by atoms with Crippen LogP contribution in [-0.4, -0.2) is 21.0 Å². The fourth-order valence-corrected chi connectivity index (χ4v) is 2.25. The normalized spacial score (nSPS) is 10.4. The molecule has 2 heterocycles. The zero-order valence-electron chi connectivity index (χ0n) is 11.5. The predicted molar refractivity (Wildman–Crippen MR) is 82.7 cm³/mol. The highest BCUT2D eigenvalue weighted by molar-refractivity contribution is 5.88. The molecule has 0 saturated carbocycles. The van der Waals surface area contributed by atoms with Crippen molar-refractivity contribution in [2.24, 2.45) is 0 Å². The number of pyridine rings is 2. The van der Waals surface area contributed by atoms with Gasteiger partial charge in [0.1, 0.15) is 5.56 Å². The molecule has 0 saturated heterocycles. The molecular weight excluding hydrogens is 280 g/mol. The van der Waals surface area contributed by atoms with Gasteiger partial charge in [-0.2, -0.15) is 0 Å². The quantitative estimate of drug-likeness (QED) is 0.777. The first-order valence-corrected chi connectivity index (χ1v) is 6.64. The van der Waals surface area contributed by atoms with E-state index in [2.05, 4.69) is 9.97 Å². The van der Waals surface area contributed by atoms with E-state index >= 15 is 0 Å². The topological polar surface area (TPSA) is 83.0 Å². The molecule has 0 amide bonds. The van der Waals surface area contributed by atoms with Crippen molar-refractivity contribution in [2.75, 3.05) is 0 Å². The molecule has 0 atom stereocenters. The molecule has 0 aliphatic rings. The number of H-pyrrole nitrogens is 1. The standard InChI is InChI=1S/C17H12N2O3/c20-16-13(17(21)22)8-9-14(19-16)15-12(7-4-10-18-15)11-5-2-1-3-6-11/h1-10H,(H,19,20)(H,21,22). The molecule has 3 rings (SSSR count). The molecular formula is C17H12N2O3. The van der Waals surface area contributed by atoms with Crippen LogP contribution in [0.2, 0.25) is 0 Å². The SMILES string of the molecule is O=C(O)c1ccc(-c2ncccc2-c2ccccc2)[nH]c1=O. The zero-order chi connectivity index (χ0) is 15.5. The lowest BCUT2D eigenvalue weighted by Gasteiger charge is -2.08. The number of nitrogens with zero attached hydrogens (tertiary/aromatic N) is 1. The Morgan fingerprint density at radius 1 is 1.00 bits per heavy atom. The lowest BCUT2D eigenvalue weighted by atomic mass is 10.0. The second-order valence-electron chi connectivity index (χ2n) is 4.69. The smallest absolute Gasteiger partial charge is 0.341 e. The zero-order valence-corrected chi connectivity index (χ0v) is 11.5. The van der Waals surface area contributed by atoms with Gasteiger partial charge in [0.2, 0.25) is 0 Å². The molecule has 2 aromatic heterocycles. The summed E-state index contributed by atoms with van der Waals surface area (Å²) in [6.45, 7) is 0. The summed E-state index contributed by atoms with van der Waals surface area (Å²) in [7, 11) is 0. The van der Waals surface area contributed by atoms with Gasteiger partial charge in [-0.15, -0.1) is 0 Å². The summed E-state index contributed by atoms with van der Waals surface area (Å²) in [6, 6.07) is 16.2. The summed E-state index contributed by atoms with van der Waals surface area (Å²) in [5.74, 6) is -1.25. The predicted octanol–water partition coefficient (Wildman–Crippen LogP) is 2.80. The van der Waals surface area contributed by atoms with Crippen LogP contribution in [0.5, 0.6) is 0 Å². The highest BCUT2D eigenvalue weighted by Crippen LogP contribution is 2.28. The van der Waals surface area contributed by atoms with Gasteiger partial charge >= 0.3 is 5.97 Å². The molecule has 2 N–H and O–H groups in total. The van der Waals surface area contributed by atoms with Gasteiger partial charge in [0.25, 0.3) is 5.56 Å². The van der Waals surface area contributed by atoms with Crippen molar-refractivity contribution >= 4 is 5.97 Å². The Morgan fingerprint density at radius 2 is 1.77 bits per heavy atom. The molecule has 22 heavy (non-hydrogen) atoms. The van der Waals surface area contributed by atoms with E-state index in [1.165, 1.54) is 6.07 Å². The van der Waals surface area contributed by atoms with Crippen molar-refractivity contribution in [3.05, 3.63) is 76.7 Å². The van der Waals surface area contributed by atoms with Crippen molar-refractivity contribution in [1.82, 2.24) is 9.97 Å². The van der Waals surface area contributed by atoms with Crippen LogP contribution in [-0.2, 0) is 0 Å². The molecule has 1 aromatic carbocycles. The fraction of sp³-hybridized carbons (Fsp3) is 0. The van der Waals surface area contributed by atoms with E-state index in [0.717, 1.165) is 11.1 Å². The Bertz CT molecular complexity index is 886.